The molecule has 0 amide bonds. The Bertz CT molecular complexity index is 460. The van der Waals surface area contributed by atoms with E-state index in [0.29, 0.717) is 24.0 Å². The van der Waals surface area contributed by atoms with E-state index in [4.69, 9.17) is 5.73 Å². The van der Waals surface area contributed by atoms with Gasteiger partial charge in [0.2, 0.25) is 10.0 Å². The molecule has 0 spiro atoms. The van der Waals surface area contributed by atoms with Gasteiger partial charge in [0, 0.05) is 11.0 Å². The number of hydrogen-bond acceptors (Lipinski definition) is 3. The molecule has 16 heavy (non-hydrogen) atoms. The molecule has 0 fully saturated rings. The minimum Gasteiger partial charge on any atom is -0.330 e. The molecule has 1 rings (SSSR count). The number of hydrogen-bond donors (Lipinski definition) is 2. The van der Waals surface area contributed by atoms with Gasteiger partial charge >= 0.3 is 0 Å². The third-order valence-corrected chi connectivity index (χ3v) is 4.94. The fourth-order valence-corrected chi connectivity index (χ4v) is 3.34. The predicted octanol–water partition coefficient (Wildman–Crippen LogP) is 1.38. The lowest BCUT2D eigenvalue weighted by atomic mass is 10.2. The molecule has 0 aliphatic heterocycles. The first kappa shape index (κ1) is 13.6. The first-order valence-electron chi connectivity index (χ1n) is 4.94. The van der Waals surface area contributed by atoms with Gasteiger partial charge in [-0.2, -0.15) is 0 Å². The van der Waals surface area contributed by atoms with Gasteiger partial charge in [-0.15, -0.1) is 0 Å². The molecule has 0 unspecified atom stereocenters. The maximum atomic E-state index is 11.9. The Hall–Kier alpha value is -0.430. The monoisotopic (exact) mass is 306 g/mol. The quantitative estimate of drug-likeness (QED) is 0.807. The summed E-state index contributed by atoms with van der Waals surface area (Å²) in [5, 5.41) is 0. The zero-order chi connectivity index (χ0) is 12.2. The maximum Gasteiger partial charge on any atom is 0.241 e. The van der Waals surface area contributed by atoms with Gasteiger partial charge in [-0.05, 0) is 47.4 Å². The number of nitrogens with one attached hydrogen (secondary N) is 1. The van der Waals surface area contributed by atoms with E-state index < -0.39 is 10.0 Å². The first-order chi connectivity index (χ1) is 7.49. The summed E-state index contributed by atoms with van der Waals surface area (Å²) in [5.41, 5.74) is 6.20. The van der Waals surface area contributed by atoms with Crippen LogP contribution in [-0.2, 0) is 10.0 Å². The van der Waals surface area contributed by atoms with E-state index in [2.05, 4.69) is 20.7 Å². The van der Waals surface area contributed by atoms with Gasteiger partial charge in [0.1, 0.15) is 0 Å². The van der Waals surface area contributed by atoms with Gasteiger partial charge < -0.3 is 5.73 Å². The Morgan fingerprint density at radius 1 is 1.44 bits per heavy atom. The molecule has 6 heteroatoms. The van der Waals surface area contributed by atoms with Crippen LogP contribution in [0.1, 0.15) is 12.0 Å². The van der Waals surface area contributed by atoms with E-state index in [1.807, 2.05) is 13.0 Å². The number of aryl methyl sites for hydroxylation is 1. The molecule has 0 aliphatic rings. The normalized spacial score (nSPS) is 11.7. The van der Waals surface area contributed by atoms with Crippen LogP contribution in [0.25, 0.3) is 0 Å². The molecule has 90 valence electrons. The van der Waals surface area contributed by atoms with Crippen LogP contribution in [0.5, 0.6) is 0 Å². The summed E-state index contributed by atoms with van der Waals surface area (Å²) in [6.45, 7) is 2.68. The molecule has 0 atom stereocenters. The molecular weight excluding hydrogens is 292 g/mol. The van der Waals surface area contributed by atoms with Crippen molar-refractivity contribution in [1.29, 1.82) is 0 Å². The Morgan fingerprint density at radius 2 is 2.12 bits per heavy atom. The number of halogens is 1. The van der Waals surface area contributed by atoms with Crippen LogP contribution >= 0.6 is 15.9 Å². The van der Waals surface area contributed by atoms with E-state index in [1.165, 1.54) is 0 Å². The third kappa shape index (κ3) is 3.28. The summed E-state index contributed by atoms with van der Waals surface area (Å²) in [5.74, 6) is 0. The Labute approximate surface area is 104 Å². The van der Waals surface area contributed by atoms with Crippen molar-refractivity contribution < 1.29 is 8.42 Å². The van der Waals surface area contributed by atoms with E-state index in [0.717, 1.165) is 5.56 Å². The lowest BCUT2D eigenvalue weighted by molar-refractivity contribution is 0.579. The van der Waals surface area contributed by atoms with E-state index in [-0.39, 0.29) is 4.90 Å². The Morgan fingerprint density at radius 3 is 2.75 bits per heavy atom. The Kier molecular flexibility index (Phi) is 4.91. The summed E-state index contributed by atoms with van der Waals surface area (Å²) >= 11 is 3.28. The van der Waals surface area contributed by atoms with Crippen LogP contribution < -0.4 is 10.5 Å². The van der Waals surface area contributed by atoms with Gasteiger partial charge in [-0.25, -0.2) is 13.1 Å². The van der Waals surface area contributed by atoms with Crippen LogP contribution in [0.4, 0.5) is 0 Å². The molecule has 1 aromatic rings. The third-order valence-electron chi connectivity index (χ3n) is 2.12. The van der Waals surface area contributed by atoms with Crippen molar-refractivity contribution in [2.75, 3.05) is 13.1 Å². The second kappa shape index (κ2) is 5.77. The minimum absolute atomic E-state index is 0.268. The Balaban J connectivity index is 2.94. The average Bonchev–Trinajstić information content (AvgIpc) is 2.22. The highest BCUT2D eigenvalue weighted by atomic mass is 79.9. The highest BCUT2D eigenvalue weighted by Gasteiger charge is 2.17. The van der Waals surface area contributed by atoms with Gasteiger partial charge in [-0.3, -0.25) is 0 Å². The van der Waals surface area contributed by atoms with Crippen molar-refractivity contribution in [2.24, 2.45) is 5.73 Å². The molecule has 0 heterocycles. The van der Waals surface area contributed by atoms with Gasteiger partial charge in [0.05, 0.1) is 4.90 Å². The number of sulfonamides is 1. The van der Waals surface area contributed by atoms with Crippen molar-refractivity contribution in [3.63, 3.8) is 0 Å². The maximum absolute atomic E-state index is 11.9. The van der Waals surface area contributed by atoms with Gasteiger partial charge in [-0.1, -0.05) is 12.1 Å². The fraction of sp³-hybridized carbons (Fsp3) is 0.400. The molecule has 0 radical (unpaired) electrons. The van der Waals surface area contributed by atoms with E-state index in [1.54, 1.807) is 12.1 Å². The molecule has 0 aromatic heterocycles. The number of benzene rings is 1. The van der Waals surface area contributed by atoms with Crippen LogP contribution in [0.2, 0.25) is 0 Å². The van der Waals surface area contributed by atoms with Gasteiger partial charge in [0.25, 0.3) is 0 Å². The molecule has 0 saturated heterocycles. The number of nitrogens with two attached hydrogens (primary N) is 1. The second-order valence-electron chi connectivity index (χ2n) is 3.43. The van der Waals surface area contributed by atoms with Crippen molar-refractivity contribution >= 4 is 26.0 Å². The van der Waals surface area contributed by atoms with Crippen LogP contribution in [0.3, 0.4) is 0 Å². The highest BCUT2D eigenvalue weighted by molar-refractivity contribution is 9.10. The van der Waals surface area contributed by atoms with Crippen LogP contribution in [0.15, 0.2) is 27.6 Å². The zero-order valence-electron chi connectivity index (χ0n) is 9.03. The lowest BCUT2D eigenvalue weighted by Crippen LogP contribution is -2.26. The molecule has 1 aromatic carbocycles. The van der Waals surface area contributed by atoms with Crippen LogP contribution in [0, 0.1) is 6.92 Å². The smallest absolute Gasteiger partial charge is 0.241 e. The number of rotatable bonds is 5. The van der Waals surface area contributed by atoms with Crippen molar-refractivity contribution in [2.45, 2.75) is 18.2 Å². The zero-order valence-corrected chi connectivity index (χ0v) is 11.4. The minimum atomic E-state index is -3.44. The van der Waals surface area contributed by atoms with Crippen molar-refractivity contribution in [3.8, 4) is 0 Å². The van der Waals surface area contributed by atoms with Crippen molar-refractivity contribution in [1.82, 2.24) is 4.72 Å². The fourth-order valence-electron chi connectivity index (χ4n) is 1.21. The molecule has 3 N–H and O–H groups in total. The average molecular weight is 307 g/mol. The summed E-state index contributed by atoms with van der Waals surface area (Å²) in [6.07, 6.45) is 0.628. The van der Waals surface area contributed by atoms with E-state index in [9.17, 15) is 8.42 Å². The summed E-state index contributed by atoms with van der Waals surface area (Å²) in [7, 11) is -3.44. The molecular formula is C10H15BrN2O2S. The van der Waals surface area contributed by atoms with Crippen molar-refractivity contribution in [3.05, 3.63) is 28.2 Å². The molecule has 4 nitrogen and oxygen atoms in total. The SMILES string of the molecule is Cc1cccc(S(=O)(=O)NCCCN)c1Br. The second-order valence-corrected chi connectivity index (χ2v) is 5.96. The summed E-state index contributed by atoms with van der Waals surface area (Å²) < 4.78 is 26.9. The highest BCUT2D eigenvalue weighted by Crippen LogP contribution is 2.24. The molecule has 0 aliphatic carbocycles. The van der Waals surface area contributed by atoms with Crippen LogP contribution in [-0.4, -0.2) is 21.5 Å². The lowest BCUT2D eigenvalue weighted by Gasteiger charge is -2.09. The largest absolute Gasteiger partial charge is 0.330 e. The van der Waals surface area contributed by atoms with E-state index >= 15 is 0 Å². The summed E-state index contributed by atoms with van der Waals surface area (Å²) in [4.78, 5) is 0.268. The van der Waals surface area contributed by atoms with Gasteiger partial charge in [0.15, 0.2) is 0 Å². The standard InChI is InChI=1S/C10H15BrN2O2S/c1-8-4-2-5-9(10(8)11)16(14,15)13-7-3-6-12/h2,4-5,13H,3,6-7,12H2,1H3. The predicted molar refractivity (Wildman–Crippen MR) is 67.7 cm³/mol. The topological polar surface area (TPSA) is 72.2 Å². The molecule has 0 bridgehead atoms. The summed E-state index contributed by atoms with van der Waals surface area (Å²) in [6, 6.07) is 5.14. The first-order valence-corrected chi connectivity index (χ1v) is 7.21. The molecule has 0 saturated carbocycles.